The van der Waals surface area contributed by atoms with Crippen LogP contribution in [0.1, 0.15) is 29.9 Å². The van der Waals surface area contributed by atoms with Crippen molar-refractivity contribution in [2.75, 3.05) is 18.0 Å². The zero-order valence-electron chi connectivity index (χ0n) is 15.6. The lowest BCUT2D eigenvalue weighted by Crippen LogP contribution is -2.46. The van der Waals surface area contributed by atoms with Crippen LogP contribution in [0.15, 0.2) is 22.7 Å². The number of ether oxygens (including phenoxy) is 1. The highest BCUT2D eigenvalue weighted by Crippen LogP contribution is 2.39. The van der Waals surface area contributed by atoms with Crippen molar-refractivity contribution >= 4 is 34.7 Å². The maximum absolute atomic E-state index is 14.0. The van der Waals surface area contributed by atoms with Gasteiger partial charge in [-0.25, -0.2) is 9.37 Å². The van der Waals surface area contributed by atoms with Gasteiger partial charge < -0.3 is 14.2 Å². The fraction of sp³-hybridized carbons (Fsp3) is 0.300. The first-order valence-electron chi connectivity index (χ1n) is 8.97. The molecule has 0 amide bonds. The Kier molecular flexibility index (Phi) is 4.94. The number of carbonyl (C=O) groups is 1. The van der Waals surface area contributed by atoms with Crippen LogP contribution in [0.3, 0.4) is 0 Å². The number of hydrogen-bond donors (Lipinski definition) is 0. The Morgan fingerprint density at radius 1 is 1.34 bits per heavy atom. The number of morpholine rings is 1. The van der Waals surface area contributed by atoms with Crippen molar-refractivity contribution in [3.63, 3.8) is 0 Å². The number of carbonyl (C=O) groups excluding carboxylic acids is 1. The molecule has 1 fully saturated rings. The van der Waals surface area contributed by atoms with Crippen LogP contribution in [-0.2, 0) is 4.74 Å². The molecule has 1 aliphatic rings. The van der Waals surface area contributed by atoms with Gasteiger partial charge in [-0.2, -0.15) is 5.26 Å². The van der Waals surface area contributed by atoms with Gasteiger partial charge in [0.15, 0.2) is 6.29 Å². The van der Waals surface area contributed by atoms with Gasteiger partial charge in [-0.15, -0.1) is 0 Å². The summed E-state index contributed by atoms with van der Waals surface area (Å²) in [4.78, 5) is 18.2. The van der Waals surface area contributed by atoms with Crippen molar-refractivity contribution in [2.45, 2.75) is 26.1 Å². The molecule has 29 heavy (non-hydrogen) atoms. The first kappa shape index (κ1) is 19.3. The van der Waals surface area contributed by atoms with Gasteiger partial charge in [0, 0.05) is 18.7 Å². The lowest BCUT2D eigenvalue weighted by atomic mass is 10.1. The zero-order valence-corrected chi connectivity index (χ0v) is 16.4. The van der Waals surface area contributed by atoms with Gasteiger partial charge in [0.05, 0.1) is 23.5 Å². The molecular formula is C20H16ClFN4O3. The smallest absolute Gasteiger partial charge is 0.206 e. The average molecular weight is 415 g/mol. The molecule has 0 bridgehead atoms. The molecular weight excluding hydrogens is 399 g/mol. The first-order valence-corrected chi connectivity index (χ1v) is 9.35. The average Bonchev–Trinajstić information content (AvgIpc) is 3.11. The van der Waals surface area contributed by atoms with Crippen molar-refractivity contribution < 1.29 is 18.4 Å². The van der Waals surface area contributed by atoms with Crippen LogP contribution < -0.4 is 4.90 Å². The highest BCUT2D eigenvalue weighted by Gasteiger charge is 2.29. The third kappa shape index (κ3) is 3.33. The molecule has 2 unspecified atom stereocenters. The normalized spacial score (nSPS) is 19.3. The third-order valence-electron chi connectivity index (χ3n) is 4.76. The predicted octanol–water partition coefficient (Wildman–Crippen LogP) is 3.98. The minimum atomic E-state index is -0.684. The quantitative estimate of drug-likeness (QED) is 0.598. The van der Waals surface area contributed by atoms with E-state index < -0.39 is 5.82 Å². The van der Waals surface area contributed by atoms with Crippen LogP contribution in [0, 0.1) is 17.1 Å². The number of aromatic nitrogens is 2. The molecule has 7 nitrogen and oxygen atoms in total. The monoisotopic (exact) mass is 414 g/mol. The second kappa shape index (κ2) is 7.43. The Morgan fingerprint density at radius 3 is 2.69 bits per heavy atom. The molecule has 1 saturated heterocycles. The molecule has 2 atom stereocenters. The number of benzene rings is 1. The number of aldehydes is 1. The van der Waals surface area contributed by atoms with Gasteiger partial charge in [-0.05, 0) is 26.0 Å². The molecule has 0 radical (unpaired) electrons. The summed E-state index contributed by atoms with van der Waals surface area (Å²) in [5.74, 6) is -0.684. The summed E-state index contributed by atoms with van der Waals surface area (Å²) in [6.45, 7) is 4.96. The molecule has 1 aromatic carbocycles. The number of rotatable bonds is 3. The Balaban J connectivity index is 1.86. The number of halogens is 2. The van der Waals surface area contributed by atoms with Gasteiger partial charge >= 0.3 is 0 Å². The van der Waals surface area contributed by atoms with Crippen molar-refractivity contribution in [3.05, 3.63) is 40.3 Å². The van der Waals surface area contributed by atoms with Gasteiger partial charge in [0.1, 0.15) is 33.8 Å². The van der Waals surface area contributed by atoms with Gasteiger partial charge in [-0.1, -0.05) is 22.8 Å². The van der Waals surface area contributed by atoms with Crippen LogP contribution in [-0.4, -0.2) is 41.7 Å². The number of nitriles is 1. The Hall–Kier alpha value is -3.02. The first-order chi connectivity index (χ1) is 13.9. The fourth-order valence-corrected chi connectivity index (χ4v) is 3.95. The summed E-state index contributed by atoms with van der Waals surface area (Å²) in [5, 5.41) is 13.1. The summed E-state index contributed by atoms with van der Waals surface area (Å²) in [5.41, 5.74) is 1.58. The molecule has 3 heterocycles. The van der Waals surface area contributed by atoms with E-state index in [4.69, 9.17) is 26.1 Å². The molecule has 0 spiro atoms. The molecule has 0 saturated carbocycles. The van der Waals surface area contributed by atoms with Crippen molar-refractivity contribution in [3.8, 4) is 17.3 Å². The Bertz CT molecular complexity index is 1150. The van der Waals surface area contributed by atoms with E-state index in [1.807, 2.05) is 18.7 Å². The SMILES string of the molecule is CC1CN(c2c(C=O)nc3c(-c4ccc(C#N)c(F)c4)noc3c2Cl)CC(C)O1. The largest absolute Gasteiger partial charge is 0.372 e. The topological polar surface area (TPSA) is 92.2 Å². The lowest BCUT2D eigenvalue weighted by Gasteiger charge is -2.37. The van der Waals surface area contributed by atoms with Crippen LogP contribution in [0.4, 0.5) is 10.1 Å². The highest BCUT2D eigenvalue weighted by atomic mass is 35.5. The molecule has 2 aromatic heterocycles. The predicted molar refractivity (Wildman–Crippen MR) is 105 cm³/mol. The van der Waals surface area contributed by atoms with E-state index in [2.05, 4.69) is 10.1 Å². The van der Waals surface area contributed by atoms with E-state index in [1.54, 1.807) is 6.07 Å². The van der Waals surface area contributed by atoms with Crippen LogP contribution >= 0.6 is 11.6 Å². The van der Waals surface area contributed by atoms with Crippen molar-refractivity contribution in [1.82, 2.24) is 10.1 Å². The summed E-state index contributed by atoms with van der Waals surface area (Å²) in [7, 11) is 0. The van der Waals surface area contributed by atoms with Crippen molar-refractivity contribution in [2.24, 2.45) is 0 Å². The van der Waals surface area contributed by atoms with E-state index >= 15 is 0 Å². The summed E-state index contributed by atoms with van der Waals surface area (Å²) in [6, 6.07) is 5.82. The second-order valence-electron chi connectivity index (χ2n) is 6.96. The summed E-state index contributed by atoms with van der Waals surface area (Å²) in [6.07, 6.45) is 0.538. The van der Waals surface area contributed by atoms with Crippen LogP contribution in [0.5, 0.6) is 0 Å². The van der Waals surface area contributed by atoms with Gasteiger partial charge in [0.25, 0.3) is 0 Å². The Morgan fingerprint density at radius 2 is 2.07 bits per heavy atom. The zero-order chi connectivity index (χ0) is 20.7. The number of nitrogens with zero attached hydrogens (tertiary/aromatic N) is 4. The van der Waals surface area contributed by atoms with E-state index in [0.29, 0.717) is 30.6 Å². The lowest BCUT2D eigenvalue weighted by molar-refractivity contribution is -0.00526. The maximum atomic E-state index is 14.0. The highest BCUT2D eigenvalue weighted by molar-refractivity contribution is 6.38. The van der Waals surface area contributed by atoms with E-state index in [0.717, 1.165) is 0 Å². The second-order valence-corrected chi connectivity index (χ2v) is 7.33. The van der Waals surface area contributed by atoms with Gasteiger partial charge in [-0.3, -0.25) is 4.79 Å². The summed E-state index contributed by atoms with van der Waals surface area (Å²) < 4.78 is 25.2. The van der Waals surface area contributed by atoms with Crippen LogP contribution in [0.2, 0.25) is 5.02 Å². The molecule has 9 heteroatoms. The van der Waals surface area contributed by atoms with Gasteiger partial charge in [0.2, 0.25) is 5.58 Å². The van der Waals surface area contributed by atoms with E-state index in [9.17, 15) is 9.18 Å². The van der Waals surface area contributed by atoms with Crippen LogP contribution in [0.25, 0.3) is 22.4 Å². The fourth-order valence-electron chi connectivity index (χ4n) is 3.61. The van der Waals surface area contributed by atoms with Crippen molar-refractivity contribution in [1.29, 1.82) is 5.26 Å². The maximum Gasteiger partial charge on any atom is 0.206 e. The van der Waals surface area contributed by atoms with E-state index in [1.165, 1.54) is 18.2 Å². The molecule has 4 rings (SSSR count). The molecule has 1 aliphatic heterocycles. The number of hydrogen-bond acceptors (Lipinski definition) is 7. The number of fused-ring (bicyclic) bond motifs is 1. The third-order valence-corrected chi connectivity index (χ3v) is 5.11. The molecule has 148 valence electrons. The summed E-state index contributed by atoms with van der Waals surface area (Å²) >= 11 is 6.60. The molecule has 0 aliphatic carbocycles. The number of pyridine rings is 1. The molecule has 3 aromatic rings. The van der Waals surface area contributed by atoms with E-state index in [-0.39, 0.29) is 45.3 Å². The Labute approximate surface area is 170 Å². The standard InChI is InChI=1S/C20H16ClFN4O3/c1-10-7-26(8-11(2)28-10)19-15(9-27)24-18-17(25-29-20(18)16(19)21)12-3-4-13(6-23)14(22)5-12/h3-5,9-11H,7-8H2,1-2H3. The molecule has 0 N–H and O–H groups in total. The minimum absolute atomic E-state index is 0.0445. The minimum Gasteiger partial charge on any atom is -0.372 e. The number of anilines is 1.